The summed E-state index contributed by atoms with van der Waals surface area (Å²) in [6.45, 7) is 5.94. The Bertz CT molecular complexity index is 174. The van der Waals surface area contributed by atoms with Gasteiger partial charge in [-0.1, -0.05) is 37.0 Å². The van der Waals surface area contributed by atoms with Gasteiger partial charge < -0.3 is 0 Å². The second-order valence-corrected chi connectivity index (χ2v) is 3.79. The molecule has 0 spiro atoms. The first-order valence-corrected chi connectivity index (χ1v) is 4.69. The van der Waals surface area contributed by atoms with Crippen LogP contribution in [0.4, 0.5) is 0 Å². The molecular formula is C7H10Cl2S. The highest BCUT2D eigenvalue weighted by molar-refractivity contribution is 7.20. The molecule has 0 aliphatic heterocycles. The highest BCUT2D eigenvalue weighted by Crippen LogP contribution is 2.29. The lowest BCUT2D eigenvalue weighted by atomic mass is 10.4. The molecule has 10 heavy (non-hydrogen) atoms. The average Bonchev–Trinajstić information content (AvgIpc) is 2.16. The molecule has 0 aromatic carbocycles. The summed E-state index contributed by atoms with van der Waals surface area (Å²) in [5.41, 5.74) is 1.06. The van der Waals surface area contributed by atoms with Gasteiger partial charge in [-0.15, -0.1) is 11.3 Å². The molecule has 0 aliphatic rings. The fourth-order valence-electron chi connectivity index (χ4n) is 0.423. The molecule has 0 aliphatic carbocycles. The highest BCUT2D eigenvalue weighted by atomic mass is 35.5. The molecule has 0 N–H and O–H groups in total. The zero-order valence-electron chi connectivity index (χ0n) is 6.24. The van der Waals surface area contributed by atoms with Gasteiger partial charge in [0.2, 0.25) is 0 Å². The summed E-state index contributed by atoms with van der Waals surface area (Å²) in [5, 5.41) is 0. The fraction of sp³-hybridized carbons (Fsp3) is 0.429. The molecule has 0 atom stereocenters. The second kappa shape index (κ2) is 5.00. The minimum absolute atomic E-state index is 0.757. The van der Waals surface area contributed by atoms with Gasteiger partial charge in [0.05, 0.1) is 8.67 Å². The lowest BCUT2D eigenvalue weighted by Crippen LogP contribution is -1.55. The van der Waals surface area contributed by atoms with Crippen LogP contribution in [-0.4, -0.2) is 0 Å². The third-order valence-electron chi connectivity index (χ3n) is 0.827. The molecule has 0 unspecified atom stereocenters. The van der Waals surface area contributed by atoms with Crippen molar-refractivity contribution < 1.29 is 0 Å². The molecule has 1 heterocycles. The van der Waals surface area contributed by atoms with E-state index < -0.39 is 0 Å². The van der Waals surface area contributed by atoms with Gasteiger partial charge in [0.1, 0.15) is 0 Å². The lowest BCUT2D eigenvalue weighted by Gasteiger charge is -1.76. The Morgan fingerprint density at radius 1 is 1.30 bits per heavy atom. The van der Waals surface area contributed by atoms with E-state index in [-0.39, 0.29) is 0 Å². The van der Waals surface area contributed by atoms with E-state index in [1.165, 1.54) is 11.3 Å². The maximum absolute atomic E-state index is 5.66. The Hall–Kier alpha value is 0.280. The van der Waals surface area contributed by atoms with Gasteiger partial charge >= 0.3 is 0 Å². The smallest absolute Gasteiger partial charge is 0.0973 e. The quantitative estimate of drug-likeness (QED) is 0.578. The number of hydrogen-bond donors (Lipinski definition) is 0. The van der Waals surface area contributed by atoms with Crippen LogP contribution in [-0.2, 0) is 0 Å². The largest absolute Gasteiger partial charge is 0.111 e. The molecular weight excluding hydrogens is 187 g/mol. The maximum atomic E-state index is 5.66. The molecule has 0 saturated heterocycles. The molecule has 0 fully saturated rings. The van der Waals surface area contributed by atoms with E-state index in [1.54, 1.807) is 0 Å². The van der Waals surface area contributed by atoms with E-state index in [2.05, 4.69) is 0 Å². The van der Waals surface area contributed by atoms with Crippen LogP contribution in [0.5, 0.6) is 0 Å². The van der Waals surface area contributed by atoms with E-state index >= 15 is 0 Å². The fourth-order valence-corrected chi connectivity index (χ4v) is 1.87. The molecule has 1 aromatic heterocycles. The van der Waals surface area contributed by atoms with Crippen LogP contribution in [0.25, 0.3) is 0 Å². The minimum atomic E-state index is 0.757. The SMILES string of the molecule is CC.Cc1cc(Cl)sc1Cl. The normalized spacial score (nSPS) is 8.50. The van der Waals surface area contributed by atoms with Crippen LogP contribution in [0.15, 0.2) is 6.07 Å². The standard InChI is InChI=1S/C5H4Cl2S.C2H6/c1-3-2-4(6)8-5(3)7;1-2/h2H,1H3;1-2H3. The van der Waals surface area contributed by atoms with Crippen molar-refractivity contribution >= 4 is 34.5 Å². The Morgan fingerprint density at radius 2 is 1.80 bits per heavy atom. The second-order valence-electron chi connectivity index (χ2n) is 1.51. The van der Waals surface area contributed by atoms with Gasteiger partial charge in [-0.3, -0.25) is 0 Å². The predicted octanol–water partition coefficient (Wildman–Crippen LogP) is 4.39. The van der Waals surface area contributed by atoms with Crippen LogP contribution in [0.3, 0.4) is 0 Å². The van der Waals surface area contributed by atoms with Crippen LogP contribution in [0.1, 0.15) is 19.4 Å². The van der Waals surface area contributed by atoms with Crippen molar-refractivity contribution in [2.75, 3.05) is 0 Å². The zero-order chi connectivity index (χ0) is 8.15. The van der Waals surface area contributed by atoms with Crippen molar-refractivity contribution in [2.24, 2.45) is 0 Å². The van der Waals surface area contributed by atoms with Crippen LogP contribution < -0.4 is 0 Å². The van der Waals surface area contributed by atoms with Crippen LogP contribution in [0, 0.1) is 6.92 Å². The first kappa shape index (κ1) is 10.3. The lowest BCUT2D eigenvalue weighted by molar-refractivity contribution is 1.50. The van der Waals surface area contributed by atoms with Crippen molar-refractivity contribution in [3.63, 3.8) is 0 Å². The van der Waals surface area contributed by atoms with E-state index in [0.29, 0.717) is 0 Å². The van der Waals surface area contributed by atoms with Gasteiger partial charge in [0.15, 0.2) is 0 Å². The molecule has 0 amide bonds. The summed E-state index contributed by atoms with van der Waals surface area (Å²) < 4.78 is 1.54. The van der Waals surface area contributed by atoms with Crippen molar-refractivity contribution in [3.05, 3.63) is 20.3 Å². The van der Waals surface area contributed by atoms with E-state index in [9.17, 15) is 0 Å². The van der Waals surface area contributed by atoms with Crippen molar-refractivity contribution in [3.8, 4) is 0 Å². The monoisotopic (exact) mass is 196 g/mol. The molecule has 0 saturated carbocycles. The van der Waals surface area contributed by atoms with Crippen LogP contribution >= 0.6 is 34.5 Å². The van der Waals surface area contributed by atoms with Crippen molar-refractivity contribution in [1.29, 1.82) is 0 Å². The zero-order valence-corrected chi connectivity index (χ0v) is 8.57. The number of aryl methyl sites for hydroxylation is 1. The van der Waals surface area contributed by atoms with Crippen LogP contribution in [0.2, 0.25) is 8.67 Å². The van der Waals surface area contributed by atoms with Gasteiger partial charge in [-0.2, -0.15) is 0 Å². The maximum Gasteiger partial charge on any atom is 0.0973 e. The Kier molecular flexibility index (Phi) is 5.14. The Labute approximate surface area is 75.8 Å². The predicted molar refractivity (Wildman–Crippen MR) is 50.4 cm³/mol. The summed E-state index contributed by atoms with van der Waals surface area (Å²) in [6, 6.07) is 1.86. The van der Waals surface area contributed by atoms with Gasteiger partial charge in [-0.25, -0.2) is 0 Å². The summed E-state index contributed by atoms with van der Waals surface area (Å²) in [7, 11) is 0. The molecule has 3 heteroatoms. The summed E-state index contributed by atoms with van der Waals surface area (Å²) >= 11 is 12.7. The van der Waals surface area contributed by atoms with Gasteiger partial charge in [0.25, 0.3) is 0 Å². The third-order valence-corrected chi connectivity index (χ3v) is 2.51. The number of rotatable bonds is 0. The summed E-state index contributed by atoms with van der Waals surface area (Å²) in [4.78, 5) is 0. The molecule has 1 aromatic rings. The highest BCUT2D eigenvalue weighted by Gasteiger charge is 1.97. The Morgan fingerprint density at radius 3 is 1.90 bits per heavy atom. The van der Waals surface area contributed by atoms with E-state index in [1.807, 2.05) is 26.8 Å². The number of halogens is 2. The minimum Gasteiger partial charge on any atom is -0.111 e. The van der Waals surface area contributed by atoms with Gasteiger partial charge in [-0.05, 0) is 18.6 Å². The topological polar surface area (TPSA) is 0 Å². The number of thiophene rings is 1. The molecule has 58 valence electrons. The number of hydrogen-bond acceptors (Lipinski definition) is 1. The molecule has 0 bridgehead atoms. The van der Waals surface area contributed by atoms with Crippen molar-refractivity contribution in [2.45, 2.75) is 20.8 Å². The first-order valence-electron chi connectivity index (χ1n) is 3.11. The van der Waals surface area contributed by atoms with E-state index in [4.69, 9.17) is 23.2 Å². The average molecular weight is 197 g/mol. The molecule has 1 rings (SSSR count). The third kappa shape index (κ3) is 2.91. The molecule has 0 nitrogen and oxygen atoms in total. The summed E-state index contributed by atoms with van der Waals surface area (Å²) in [6.07, 6.45) is 0. The molecule has 0 radical (unpaired) electrons. The van der Waals surface area contributed by atoms with Crippen molar-refractivity contribution in [1.82, 2.24) is 0 Å². The van der Waals surface area contributed by atoms with E-state index in [0.717, 1.165) is 14.2 Å². The summed E-state index contributed by atoms with van der Waals surface area (Å²) in [5.74, 6) is 0. The first-order chi connectivity index (χ1) is 4.70. The van der Waals surface area contributed by atoms with Gasteiger partial charge in [0, 0.05) is 0 Å². The Balaban J connectivity index is 0.000000371.